The Bertz CT molecular complexity index is 3250. The number of aromatic nitrogens is 1. The second kappa shape index (κ2) is 15.1. The Balaban J connectivity index is 0.980. The Hall–Kier alpha value is -7.94. The maximum absolute atomic E-state index is 2.41. The summed E-state index contributed by atoms with van der Waals surface area (Å²) in [5.41, 5.74) is 16.4. The zero-order valence-electron chi connectivity index (χ0n) is 33.0. The lowest BCUT2D eigenvalue weighted by molar-refractivity contribution is 1.18. The van der Waals surface area contributed by atoms with E-state index >= 15 is 0 Å². The van der Waals surface area contributed by atoms with Gasteiger partial charge in [-0.1, -0.05) is 176 Å². The van der Waals surface area contributed by atoms with Gasteiger partial charge in [-0.05, 0) is 116 Å². The number of fused-ring (bicyclic) bond motifs is 4. The predicted molar refractivity (Wildman–Crippen MR) is 255 cm³/mol. The van der Waals surface area contributed by atoms with Crippen LogP contribution >= 0.6 is 0 Å². The lowest BCUT2D eigenvalue weighted by Crippen LogP contribution is -2.10. The van der Waals surface area contributed by atoms with Crippen molar-refractivity contribution in [2.24, 2.45) is 0 Å². The third kappa shape index (κ3) is 6.41. The molecule has 0 radical (unpaired) electrons. The molecule has 11 aromatic rings. The van der Waals surface area contributed by atoms with Crippen molar-refractivity contribution in [1.82, 2.24) is 4.57 Å². The van der Waals surface area contributed by atoms with Crippen molar-refractivity contribution in [1.29, 1.82) is 0 Å². The fraction of sp³-hybridized carbons (Fsp3) is 0. The average molecular weight is 765 g/mol. The Morgan fingerprint density at radius 1 is 0.267 bits per heavy atom. The van der Waals surface area contributed by atoms with Crippen LogP contribution in [0.4, 0.5) is 17.1 Å². The smallest absolute Gasteiger partial charge is 0.0541 e. The van der Waals surface area contributed by atoms with Gasteiger partial charge in [0.1, 0.15) is 0 Å². The molecule has 0 aliphatic heterocycles. The van der Waals surface area contributed by atoms with Crippen molar-refractivity contribution in [3.8, 4) is 50.2 Å². The quantitative estimate of drug-likeness (QED) is 0.150. The minimum atomic E-state index is 1.09. The van der Waals surface area contributed by atoms with Crippen LogP contribution in [0.3, 0.4) is 0 Å². The van der Waals surface area contributed by atoms with Crippen molar-refractivity contribution in [3.63, 3.8) is 0 Å². The van der Waals surface area contributed by atoms with Crippen LogP contribution in [0, 0.1) is 0 Å². The van der Waals surface area contributed by atoms with Gasteiger partial charge in [0.2, 0.25) is 0 Å². The molecule has 0 spiro atoms. The summed E-state index contributed by atoms with van der Waals surface area (Å²) >= 11 is 0. The van der Waals surface area contributed by atoms with Crippen molar-refractivity contribution in [2.45, 2.75) is 0 Å². The summed E-state index contributed by atoms with van der Waals surface area (Å²) in [5, 5.41) is 5.03. The first-order chi connectivity index (χ1) is 29.7. The van der Waals surface area contributed by atoms with E-state index in [2.05, 4.69) is 252 Å². The normalized spacial score (nSPS) is 11.3. The molecule has 0 aliphatic carbocycles. The lowest BCUT2D eigenvalue weighted by atomic mass is 9.97. The highest BCUT2D eigenvalue weighted by molar-refractivity contribution is 6.09. The fourth-order valence-electron chi connectivity index (χ4n) is 8.84. The number of hydrogen-bond donors (Lipinski definition) is 0. The van der Waals surface area contributed by atoms with E-state index in [1.807, 2.05) is 0 Å². The molecular weight excluding hydrogens is 725 g/mol. The van der Waals surface area contributed by atoms with Crippen LogP contribution in [0.25, 0.3) is 82.8 Å². The standard InChI is InChI=1S/C58H40N2/c1-2-14-41(15-3-1)48-20-13-21-52(40-48)59(50-34-30-43(31-35-50)46-18-12-19-47(38-46)49-29-28-42-16-4-5-17-45(42)39-49)51-36-32-44(33-37-51)53-22-6-9-25-56(53)60-57-26-10-7-23-54(57)55-24-8-11-27-58(55)60/h1-40H. The molecule has 0 bridgehead atoms. The summed E-state index contributed by atoms with van der Waals surface area (Å²) in [6, 6.07) is 87.8. The molecule has 60 heavy (non-hydrogen) atoms. The van der Waals surface area contributed by atoms with Gasteiger partial charge in [0.05, 0.1) is 16.7 Å². The molecule has 0 saturated carbocycles. The Morgan fingerprint density at radius 3 is 1.47 bits per heavy atom. The van der Waals surface area contributed by atoms with Gasteiger partial charge in [-0.15, -0.1) is 0 Å². The molecule has 2 nitrogen and oxygen atoms in total. The summed E-state index contributed by atoms with van der Waals surface area (Å²) in [6.07, 6.45) is 0. The van der Waals surface area contributed by atoms with Gasteiger partial charge in [0.15, 0.2) is 0 Å². The van der Waals surface area contributed by atoms with Crippen molar-refractivity contribution >= 4 is 49.6 Å². The van der Waals surface area contributed by atoms with E-state index in [-0.39, 0.29) is 0 Å². The first-order valence-corrected chi connectivity index (χ1v) is 20.6. The number of hydrogen-bond acceptors (Lipinski definition) is 1. The molecule has 0 aliphatic rings. The highest BCUT2D eigenvalue weighted by Crippen LogP contribution is 2.41. The number of rotatable bonds is 8. The van der Waals surface area contributed by atoms with E-state index < -0.39 is 0 Å². The van der Waals surface area contributed by atoms with E-state index in [4.69, 9.17) is 0 Å². The van der Waals surface area contributed by atoms with Gasteiger partial charge in [-0.3, -0.25) is 0 Å². The summed E-state index contributed by atoms with van der Waals surface area (Å²) in [4.78, 5) is 2.37. The first-order valence-electron chi connectivity index (χ1n) is 20.6. The summed E-state index contributed by atoms with van der Waals surface area (Å²) in [6.45, 7) is 0. The largest absolute Gasteiger partial charge is 0.310 e. The third-order valence-electron chi connectivity index (χ3n) is 11.8. The maximum atomic E-state index is 2.41. The number of nitrogens with zero attached hydrogens (tertiary/aromatic N) is 2. The van der Waals surface area contributed by atoms with E-state index in [9.17, 15) is 0 Å². The van der Waals surface area contributed by atoms with Gasteiger partial charge in [0.25, 0.3) is 0 Å². The van der Waals surface area contributed by atoms with Gasteiger partial charge < -0.3 is 9.47 Å². The van der Waals surface area contributed by atoms with E-state index in [0.717, 1.165) is 28.3 Å². The van der Waals surface area contributed by atoms with Crippen LogP contribution in [0.5, 0.6) is 0 Å². The topological polar surface area (TPSA) is 8.17 Å². The van der Waals surface area contributed by atoms with Crippen LogP contribution in [-0.2, 0) is 0 Å². The number of benzene rings is 10. The maximum Gasteiger partial charge on any atom is 0.0541 e. The SMILES string of the molecule is c1ccc(-c2cccc(N(c3ccc(-c4cccc(-c5ccc6ccccc6c5)c4)cc3)c3ccc(-c4ccccc4-n4c5ccccc5c5ccccc54)cc3)c2)cc1. The minimum absolute atomic E-state index is 1.09. The number of para-hydroxylation sites is 3. The first kappa shape index (κ1) is 35.2. The Morgan fingerprint density at radius 2 is 0.750 bits per heavy atom. The molecule has 0 N–H and O–H groups in total. The molecular formula is C58H40N2. The molecule has 0 fully saturated rings. The van der Waals surface area contributed by atoms with Crippen molar-refractivity contribution in [2.75, 3.05) is 4.90 Å². The zero-order valence-corrected chi connectivity index (χ0v) is 33.0. The minimum Gasteiger partial charge on any atom is -0.310 e. The molecule has 11 rings (SSSR count). The molecule has 0 atom stereocenters. The molecule has 0 amide bonds. The third-order valence-corrected chi connectivity index (χ3v) is 11.8. The van der Waals surface area contributed by atoms with E-state index in [1.165, 1.54) is 71.5 Å². The summed E-state index contributed by atoms with van der Waals surface area (Å²) in [5.74, 6) is 0. The Kier molecular flexibility index (Phi) is 8.87. The van der Waals surface area contributed by atoms with Crippen LogP contribution in [0.15, 0.2) is 243 Å². The molecule has 2 heteroatoms. The predicted octanol–water partition coefficient (Wildman–Crippen LogP) is 16.1. The van der Waals surface area contributed by atoms with Crippen LogP contribution < -0.4 is 4.90 Å². The van der Waals surface area contributed by atoms with Crippen LogP contribution in [0.2, 0.25) is 0 Å². The van der Waals surface area contributed by atoms with Crippen LogP contribution in [-0.4, -0.2) is 4.57 Å². The van der Waals surface area contributed by atoms with Gasteiger partial charge in [0, 0.05) is 33.4 Å². The molecule has 0 unspecified atom stereocenters. The van der Waals surface area contributed by atoms with Gasteiger partial charge in [-0.25, -0.2) is 0 Å². The monoisotopic (exact) mass is 764 g/mol. The molecule has 282 valence electrons. The van der Waals surface area contributed by atoms with E-state index in [0.29, 0.717) is 0 Å². The second-order valence-corrected chi connectivity index (χ2v) is 15.4. The average Bonchev–Trinajstić information content (AvgIpc) is 3.67. The molecule has 1 heterocycles. The van der Waals surface area contributed by atoms with Crippen molar-refractivity contribution < 1.29 is 0 Å². The van der Waals surface area contributed by atoms with Crippen molar-refractivity contribution in [3.05, 3.63) is 243 Å². The summed E-state index contributed by atoms with van der Waals surface area (Å²) in [7, 11) is 0. The Labute approximate surface area is 350 Å². The lowest BCUT2D eigenvalue weighted by Gasteiger charge is -2.26. The highest BCUT2D eigenvalue weighted by atomic mass is 15.1. The van der Waals surface area contributed by atoms with Gasteiger partial charge in [-0.2, -0.15) is 0 Å². The molecule has 0 saturated heterocycles. The molecule has 10 aromatic carbocycles. The highest BCUT2D eigenvalue weighted by Gasteiger charge is 2.18. The summed E-state index contributed by atoms with van der Waals surface area (Å²) < 4.78 is 2.41. The van der Waals surface area contributed by atoms with Crippen LogP contribution in [0.1, 0.15) is 0 Å². The number of anilines is 3. The molecule has 1 aromatic heterocycles. The second-order valence-electron chi connectivity index (χ2n) is 15.4. The van der Waals surface area contributed by atoms with Gasteiger partial charge >= 0.3 is 0 Å². The van der Waals surface area contributed by atoms with E-state index in [1.54, 1.807) is 0 Å². The zero-order chi connectivity index (χ0) is 39.8. The fourth-order valence-corrected chi connectivity index (χ4v) is 8.84.